The molecule has 1 aromatic rings. The Kier molecular flexibility index (Phi) is 6.45. The van der Waals surface area contributed by atoms with Gasteiger partial charge in [-0.15, -0.1) is 0 Å². The lowest BCUT2D eigenvalue weighted by molar-refractivity contribution is -0.123. The standard InChI is InChI=1S/C20H31N3O2/c1-6-14(4)22-20(25)17-11-15(5)23(12-19(24)21-13(2)3)18-10-8-7-9-16(17)18/h7-10,13-15,17H,6,11-12H2,1-5H3,(H,21,24)(H,22,25)/t14-,15-,17-/m0/s1. The minimum absolute atomic E-state index is 0.0131. The number of nitrogens with one attached hydrogen (secondary N) is 2. The highest BCUT2D eigenvalue weighted by Crippen LogP contribution is 2.38. The normalized spacial score (nSPS) is 20.8. The summed E-state index contributed by atoms with van der Waals surface area (Å²) in [4.78, 5) is 27.1. The van der Waals surface area contributed by atoms with Gasteiger partial charge in [0.1, 0.15) is 0 Å². The second-order valence-electron chi connectivity index (χ2n) is 7.36. The summed E-state index contributed by atoms with van der Waals surface area (Å²) in [6.07, 6.45) is 1.63. The van der Waals surface area contributed by atoms with E-state index in [9.17, 15) is 9.59 Å². The Morgan fingerprint density at radius 2 is 1.88 bits per heavy atom. The summed E-state index contributed by atoms with van der Waals surface area (Å²) in [5.74, 6) is -0.0660. The zero-order chi connectivity index (χ0) is 18.6. The minimum atomic E-state index is -0.162. The molecule has 0 radical (unpaired) electrons. The summed E-state index contributed by atoms with van der Waals surface area (Å²) in [6.45, 7) is 10.4. The summed E-state index contributed by atoms with van der Waals surface area (Å²) in [7, 11) is 0. The Balaban J connectivity index is 2.24. The maximum Gasteiger partial charge on any atom is 0.239 e. The number of amides is 2. The van der Waals surface area contributed by atoms with E-state index in [-0.39, 0.29) is 35.9 Å². The molecule has 1 aliphatic rings. The zero-order valence-electron chi connectivity index (χ0n) is 16.0. The highest BCUT2D eigenvalue weighted by atomic mass is 16.2. The van der Waals surface area contributed by atoms with Crippen LogP contribution in [0.3, 0.4) is 0 Å². The first-order valence-electron chi connectivity index (χ1n) is 9.28. The molecule has 2 rings (SSSR count). The highest BCUT2D eigenvalue weighted by Gasteiger charge is 2.35. The summed E-state index contributed by atoms with van der Waals surface area (Å²) in [5.41, 5.74) is 2.00. The maximum atomic E-state index is 12.7. The van der Waals surface area contributed by atoms with Gasteiger partial charge in [0.2, 0.25) is 11.8 Å². The van der Waals surface area contributed by atoms with Gasteiger partial charge >= 0.3 is 0 Å². The SMILES string of the molecule is CC[C@H](C)NC(=O)[C@H]1C[C@H](C)N(CC(=O)NC(C)C)c2ccccc21. The van der Waals surface area contributed by atoms with Crippen molar-refractivity contribution in [3.05, 3.63) is 29.8 Å². The van der Waals surface area contributed by atoms with Crippen LogP contribution in [0, 0.1) is 0 Å². The van der Waals surface area contributed by atoms with E-state index in [0.717, 1.165) is 17.7 Å². The topological polar surface area (TPSA) is 61.4 Å². The van der Waals surface area contributed by atoms with Crippen LogP contribution in [0.1, 0.15) is 58.9 Å². The molecule has 2 N–H and O–H groups in total. The third-order valence-corrected chi connectivity index (χ3v) is 4.81. The fourth-order valence-electron chi connectivity index (χ4n) is 3.33. The van der Waals surface area contributed by atoms with E-state index in [1.54, 1.807) is 0 Å². The molecule has 0 saturated heterocycles. The van der Waals surface area contributed by atoms with Crippen molar-refractivity contribution < 1.29 is 9.59 Å². The first kappa shape index (κ1) is 19.3. The first-order chi connectivity index (χ1) is 11.8. The van der Waals surface area contributed by atoms with Crippen LogP contribution in [0.25, 0.3) is 0 Å². The summed E-state index contributed by atoms with van der Waals surface area (Å²) in [6, 6.07) is 8.37. The Hall–Kier alpha value is -2.04. The number of carbonyl (C=O) groups is 2. The van der Waals surface area contributed by atoms with Gasteiger partial charge in [0, 0.05) is 23.8 Å². The molecule has 2 amide bonds. The number of para-hydroxylation sites is 1. The maximum absolute atomic E-state index is 12.7. The third-order valence-electron chi connectivity index (χ3n) is 4.81. The average Bonchev–Trinajstić information content (AvgIpc) is 2.56. The molecular weight excluding hydrogens is 314 g/mol. The lowest BCUT2D eigenvalue weighted by Crippen LogP contribution is -2.48. The first-order valence-corrected chi connectivity index (χ1v) is 9.28. The lowest BCUT2D eigenvalue weighted by atomic mass is 9.85. The van der Waals surface area contributed by atoms with Crippen molar-refractivity contribution in [1.29, 1.82) is 0 Å². The number of benzene rings is 1. The Morgan fingerprint density at radius 1 is 1.20 bits per heavy atom. The fourth-order valence-corrected chi connectivity index (χ4v) is 3.33. The molecule has 0 saturated carbocycles. The quantitative estimate of drug-likeness (QED) is 0.833. The number of rotatable bonds is 6. The number of fused-ring (bicyclic) bond motifs is 1. The van der Waals surface area contributed by atoms with Gasteiger partial charge in [0.15, 0.2) is 0 Å². The van der Waals surface area contributed by atoms with Crippen molar-refractivity contribution in [2.24, 2.45) is 0 Å². The van der Waals surface area contributed by atoms with Crippen LogP contribution in [0.15, 0.2) is 24.3 Å². The van der Waals surface area contributed by atoms with Crippen molar-refractivity contribution in [3.63, 3.8) is 0 Å². The number of anilines is 1. The molecule has 1 aliphatic heterocycles. The molecule has 3 atom stereocenters. The molecule has 1 heterocycles. The second kappa shape index (κ2) is 8.37. The van der Waals surface area contributed by atoms with Gasteiger partial charge in [0.05, 0.1) is 12.5 Å². The van der Waals surface area contributed by atoms with Crippen molar-refractivity contribution in [1.82, 2.24) is 10.6 Å². The van der Waals surface area contributed by atoms with Crippen molar-refractivity contribution >= 4 is 17.5 Å². The van der Waals surface area contributed by atoms with Gasteiger partial charge in [-0.2, -0.15) is 0 Å². The summed E-state index contributed by atoms with van der Waals surface area (Å²) in [5, 5.41) is 6.05. The fraction of sp³-hybridized carbons (Fsp3) is 0.600. The second-order valence-corrected chi connectivity index (χ2v) is 7.36. The monoisotopic (exact) mass is 345 g/mol. The van der Waals surface area contributed by atoms with E-state index >= 15 is 0 Å². The highest BCUT2D eigenvalue weighted by molar-refractivity contribution is 5.88. The van der Waals surface area contributed by atoms with Crippen LogP contribution in [-0.4, -0.2) is 36.5 Å². The van der Waals surface area contributed by atoms with Gasteiger partial charge in [-0.25, -0.2) is 0 Å². The van der Waals surface area contributed by atoms with E-state index in [1.807, 2.05) is 45.0 Å². The van der Waals surface area contributed by atoms with Crippen molar-refractivity contribution in [3.8, 4) is 0 Å². The van der Waals surface area contributed by atoms with Gasteiger partial charge in [-0.1, -0.05) is 25.1 Å². The predicted molar refractivity (Wildman–Crippen MR) is 102 cm³/mol. The van der Waals surface area contributed by atoms with Gasteiger partial charge in [0.25, 0.3) is 0 Å². The Morgan fingerprint density at radius 3 is 2.52 bits per heavy atom. The van der Waals surface area contributed by atoms with Crippen molar-refractivity contribution in [2.45, 2.75) is 71.5 Å². The summed E-state index contributed by atoms with van der Waals surface area (Å²) < 4.78 is 0. The molecule has 0 bridgehead atoms. The number of hydrogen-bond donors (Lipinski definition) is 2. The molecule has 0 unspecified atom stereocenters. The zero-order valence-corrected chi connectivity index (χ0v) is 16.0. The number of carbonyl (C=O) groups excluding carboxylic acids is 2. The van der Waals surface area contributed by atoms with E-state index in [2.05, 4.69) is 29.4 Å². The third kappa shape index (κ3) is 4.74. The molecule has 138 valence electrons. The molecular formula is C20H31N3O2. The van der Waals surface area contributed by atoms with Gasteiger partial charge in [-0.05, 0) is 52.2 Å². The molecule has 0 spiro atoms. The van der Waals surface area contributed by atoms with E-state index in [1.165, 1.54) is 0 Å². The average molecular weight is 345 g/mol. The van der Waals surface area contributed by atoms with Gasteiger partial charge in [-0.3, -0.25) is 9.59 Å². The largest absolute Gasteiger partial charge is 0.359 e. The van der Waals surface area contributed by atoms with Gasteiger partial charge < -0.3 is 15.5 Å². The Labute approximate surface area is 151 Å². The van der Waals surface area contributed by atoms with E-state index in [4.69, 9.17) is 0 Å². The van der Waals surface area contributed by atoms with Crippen LogP contribution in [-0.2, 0) is 9.59 Å². The lowest BCUT2D eigenvalue weighted by Gasteiger charge is -2.40. The smallest absolute Gasteiger partial charge is 0.239 e. The van der Waals surface area contributed by atoms with Crippen LogP contribution >= 0.6 is 0 Å². The number of nitrogens with zero attached hydrogens (tertiary/aromatic N) is 1. The Bertz CT molecular complexity index is 615. The molecule has 0 aliphatic carbocycles. The molecule has 5 nitrogen and oxygen atoms in total. The van der Waals surface area contributed by atoms with Crippen LogP contribution in [0.5, 0.6) is 0 Å². The molecule has 5 heteroatoms. The van der Waals surface area contributed by atoms with Crippen molar-refractivity contribution in [2.75, 3.05) is 11.4 Å². The van der Waals surface area contributed by atoms with Crippen LogP contribution < -0.4 is 15.5 Å². The minimum Gasteiger partial charge on any atom is -0.359 e. The molecule has 0 aromatic heterocycles. The van der Waals surface area contributed by atoms with Crippen LogP contribution in [0.2, 0.25) is 0 Å². The number of hydrogen-bond acceptors (Lipinski definition) is 3. The summed E-state index contributed by atoms with van der Waals surface area (Å²) >= 11 is 0. The molecule has 25 heavy (non-hydrogen) atoms. The molecule has 1 aromatic carbocycles. The predicted octanol–water partition coefficient (Wildman–Crippen LogP) is 2.81. The van der Waals surface area contributed by atoms with Crippen LogP contribution in [0.4, 0.5) is 5.69 Å². The van der Waals surface area contributed by atoms with E-state index < -0.39 is 0 Å². The molecule has 0 fully saturated rings. The van der Waals surface area contributed by atoms with E-state index in [0.29, 0.717) is 13.0 Å².